The molecule has 20 heavy (non-hydrogen) atoms. The number of hydrogen-bond acceptors (Lipinski definition) is 4. The third kappa shape index (κ3) is 2.10. The van der Waals surface area contributed by atoms with Crippen LogP contribution in [0.4, 0.5) is 0 Å². The minimum absolute atomic E-state index is 0.00482. The predicted octanol–water partition coefficient (Wildman–Crippen LogP) is 0.347. The van der Waals surface area contributed by atoms with E-state index in [-0.39, 0.29) is 33.7 Å². The summed E-state index contributed by atoms with van der Waals surface area (Å²) >= 11 is 5.66. The number of amides is 1. The van der Waals surface area contributed by atoms with Gasteiger partial charge in [0, 0.05) is 32.3 Å². The zero-order valence-electron chi connectivity index (χ0n) is 10.8. The van der Waals surface area contributed by atoms with Gasteiger partial charge in [-0.25, -0.2) is 13.4 Å². The van der Waals surface area contributed by atoms with Crippen molar-refractivity contribution in [1.29, 1.82) is 0 Å². The predicted molar refractivity (Wildman–Crippen MR) is 72.5 cm³/mol. The lowest BCUT2D eigenvalue weighted by atomic mass is 10.2. The van der Waals surface area contributed by atoms with E-state index < -0.39 is 10.0 Å². The number of carbonyl (C=O) groups is 1. The Kier molecular flexibility index (Phi) is 3.23. The number of carbonyl (C=O) groups excluding carboxylic acids is 1. The number of fused-ring (bicyclic) bond motifs is 1. The Bertz CT molecular complexity index is 634. The summed E-state index contributed by atoms with van der Waals surface area (Å²) < 4.78 is 26.2. The molecule has 2 aliphatic rings. The van der Waals surface area contributed by atoms with Gasteiger partial charge in [0.25, 0.3) is 0 Å². The number of nitrogens with zero attached hydrogens (tertiary/aromatic N) is 2. The van der Waals surface area contributed by atoms with Gasteiger partial charge in [0.15, 0.2) is 0 Å². The Morgan fingerprint density at radius 2 is 2.05 bits per heavy atom. The zero-order valence-corrected chi connectivity index (χ0v) is 12.4. The van der Waals surface area contributed by atoms with Gasteiger partial charge >= 0.3 is 0 Å². The first-order valence-corrected chi connectivity index (χ1v) is 8.10. The largest absolute Gasteiger partial charge is 0.359 e. The number of aromatic nitrogens is 1. The van der Waals surface area contributed by atoms with Crippen LogP contribution >= 0.6 is 11.6 Å². The summed E-state index contributed by atoms with van der Waals surface area (Å²) in [7, 11) is -1.93. The van der Waals surface area contributed by atoms with Crippen LogP contribution in [0.5, 0.6) is 0 Å². The third-order valence-corrected chi connectivity index (χ3v) is 6.09. The van der Waals surface area contributed by atoms with Crippen molar-refractivity contribution < 1.29 is 13.2 Å². The molecule has 1 amide bonds. The van der Waals surface area contributed by atoms with E-state index in [2.05, 4.69) is 10.3 Å². The number of piperidine rings is 1. The highest BCUT2D eigenvalue weighted by molar-refractivity contribution is 7.89. The first kappa shape index (κ1) is 13.8. The van der Waals surface area contributed by atoms with Crippen LogP contribution in [-0.2, 0) is 14.8 Å². The van der Waals surface area contributed by atoms with E-state index in [0.29, 0.717) is 13.1 Å². The van der Waals surface area contributed by atoms with E-state index in [1.165, 1.54) is 22.6 Å². The molecule has 1 aromatic heterocycles. The van der Waals surface area contributed by atoms with Gasteiger partial charge in [0.2, 0.25) is 15.9 Å². The minimum atomic E-state index is -3.53. The van der Waals surface area contributed by atoms with Crippen molar-refractivity contribution in [3.05, 3.63) is 23.5 Å². The molecule has 2 fully saturated rings. The molecule has 0 bridgehead atoms. The Morgan fingerprint density at radius 1 is 1.40 bits per heavy atom. The van der Waals surface area contributed by atoms with E-state index in [4.69, 9.17) is 11.6 Å². The summed E-state index contributed by atoms with van der Waals surface area (Å²) in [6, 6.07) is 2.91. The highest BCUT2D eigenvalue weighted by Gasteiger charge is 2.61. The summed E-state index contributed by atoms with van der Waals surface area (Å²) in [5.74, 6) is 0.259. The van der Waals surface area contributed by atoms with Crippen LogP contribution in [0, 0.1) is 17.8 Å². The van der Waals surface area contributed by atoms with Gasteiger partial charge in [-0.05, 0) is 24.0 Å². The second kappa shape index (κ2) is 4.68. The molecular weight excluding hydrogens is 302 g/mol. The Hall–Kier alpha value is -1.18. The second-order valence-electron chi connectivity index (χ2n) is 5.11. The van der Waals surface area contributed by atoms with Crippen LogP contribution in [0.1, 0.15) is 0 Å². The SMILES string of the molecule is CNC(=O)C1C2CN(S(=O)(=O)c3ccc(Cl)nc3)CC21. The number of halogens is 1. The zero-order chi connectivity index (χ0) is 14.5. The highest BCUT2D eigenvalue weighted by Crippen LogP contribution is 2.52. The molecule has 8 heteroatoms. The monoisotopic (exact) mass is 315 g/mol. The first-order chi connectivity index (χ1) is 9.45. The van der Waals surface area contributed by atoms with Gasteiger partial charge in [0.05, 0.1) is 0 Å². The number of rotatable bonds is 3. The van der Waals surface area contributed by atoms with Crippen LogP contribution < -0.4 is 5.32 Å². The van der Waals surface area contributed by atoms with Crippen molar-refractivity contribution >= 4 is 27.5 Å². The van der Waals surface area contributed by atoms with Crippen molar-refractivity contribution in [2.75, 3.05) is 20.1 Å². The summed E-state index contributed by atoms with van der Waals surface area (Å²) in [5.41, 5.74) is 0. The lowest BCUT2D eigenvalue weighted by molar-refractivity contribution is -0.122. The second-order valence-corrected chi connectivity index (χ2v) is 7.43. The van der Waals surface area contributed by atoms with Gasteiger partial charge in [-0.3, -0.25) is 4.79 Å². The standard InChI is InChI=1S/C12H14ClN3O3S/c1-14-12(17)11-8-5-16(6-9(8)11)20(18,19)7-2-3-10(13)15-4-7/h2-4,8-9,11H,5-6H2,1H3,(H,14,17). The lowest BCUT2D eigenvalue weighted by Gasteiger charge is -2.19. The maximum absolute atomic E-state index is 12.4. The quantitative estimate of drug-likeness (QED) is 0.816. The van der Waals surface area contributed by atoms with Gasteiger partial charge in [-0.15, -0.1) is 0 Å². The van der Waals surface area contributed by atoms with E-state index in [9.17, 15) is 13.2 Å². The molecule has 108 valence electrons. The average molecular weight is 316 g/mol. The van der Waals surface area contributed by atoms with Crippen molar-refractivity contribution in [2.24, 2.45) is 17.8 Å². The molecule has 0 aromatic carbocycles. The molecule has 1 aliphatic carbocycles. The maximum Gasteiger partial charge on any atom is 0.244 e. The van der Waals surface area contributed by atoms with Crippen LogP contribution in [0.3, 0.4) is 0 Å². The van der Waals surface area contributed by atoms with Gasteiger partial charge in [-0.1, -0.05) is 11.6 Å². The fraction of sp³-hybridized carbons (Fsp3) is 0.500. The highest BCUT2D eigenvalue weighted by atomic mass is 35.5. The Morgan fingerprint density at radius 3 is 2.55 bits per heavy atom. The summed E-state index contributed by atoms with van der Waals surface area (Å²) in [6.45, 7) is 0.793. The normalized spacial score (nSPS) is 29.0. The molecule has 2 heterocycles. The van der Waals surface area contributed by atoms with E-state index in [1.54, 1.807) is 7.05 Å². The molecule has 1 saturated carbocycles. The molecule has 0 radical (unpaired) electrons. The topological polar surface area (TPSA) is 79.4 Å². The van der Waals surface area contributed by atoms with Crippen LogP contribution in [-0.4, -0.2) is 43.8 Å². The Balaban J connectivity index is 1.74. The van der Waals surface area contributed by atoms with Crippen molar-refractivity contribution in [3.8, 4) is 0 Å². The van der Waals surface area contributed by atoms with Crippen molar-refractivity contribution in [1.82, 2.24) is 14.6 Å². The van der Waals surface area contributed by atoms with E-state index in [1.807, 2.05) is 0 Å². The molecule has 1 N–H and O–H groups in total. The van der Waals surface area contributed by atoms with E-state index in [0.717, 1.165) is 0 Å². The molecule has 1 saturated heterocycles. The van der Waals surface area contributed by atoms with Crippen LogP contribution in [0.25, 0.3) is 0 Å². The van der Waals surface area contributed by atoms with Crippen molar-refractivity contribution in [3.63, 3.8) is 0 Å². The fourth-order valence-electron chi connectivity index (χ4n) is 2.90. The molecule has 3 rings (SSSR count). The van der Waals surface area contributed by atoms with Gasteiger partial charge < -0.3 is 5.32 Å². The Labute approximate surface area is 122 Å². The fourth-order valence-corrected chi connectivity index (χ4v) is 4.48. The third-order valence-electron chi connectivity index (χ3n) is 4.05. The number of sulfonamides is 1. The molecule has 2 atom stereocenters. The van der Waals surface area contributed by atoms with Gasteiger partial charge in [-0.2, -0.15) is 4.31 Å². The average Bonchev–Trinajstić information content (AvgIpc) is 2.92. The number of hydrogen-bond donors (Lipinski definition) is 1. The summed E-state index contributed by atoms with van der Waals surface area (Å²) in [6.07, 6.45) is 1.26. The number of pyridine rings is 1. The smallest absolute Gasteiger partial charge is 0.244 e. The van der Waals surface area contributed by atoms with Crippen LogP contribution in [0.2, 0.25) is 5.15 Å². The molecule has 6 nitrogen and oxygen atoms in total. The van der Waals surface area contributed by atoms with Crippen LogP contribution in [0.15, 0.2) is 23.2 Å². The summed E-state index contributed by atoms with van der Waals surface area (Å²) in [4.78, 5) is 15.5. The molecular formula is C12H14ClN3O3S. The maximum atomic E-state index is 12.4. The molecule has 1 aliphatic heterocycles. The van der Waals surface area contributed by atoms with Gasteiger partial charge in [0.1, 0.15) is 10.0 Å². The first-order valence-electron chi connectivity index (χ1n) is 6.28. The lowest BCUT2D eigenvalue weighted by Crippen LogP contribution is -2.34. The molecule has 0 spiro atoms. The molecule has 1 aromatic rings. The van der Waals surface area contributed by atoms with Crippen molar-refractivity contribution in [2.45, 2.75) is 4.90 Å². The minimum Gasteiger partial charge on any atom is -0.359 e. The number of nitrogens with one attached hydrogen (secondary N) is 1. The summed E-state index contributed by atoms with van der Waals surface area (Å²) in [5, 5.41) is 2.87. The molecule has 2 unspecified atom stereocenters. The van der Waals surface area contributed by atoms with E-state index >= 15 is 0 Å².